The summed E-state index contributed by atoms with van der Waals surface area (Å²) in [5.41, 5.74) is 6.25. The predicted molar refractivity (Wildman–Crippen MR) is 130 cm³/mol. The second-order valence-electron chi connectivity index (χ2n) is 7.31. The van der Waals surface area contributed by atoms with Gasteiger partial charge in [-0.1, -0.05) is 26.7 Å². The molecule has 0 aliphatic heterocycles. The highest BCUT2D eigenvalue weighted by Crippen LogP contribution is 2.12. The number of hydrogen-bond acceptors (Lipinski definition) is 6. The number of hydrazone groups is 2. The van der Waals surface area contributed by atoms with Crippen LogP contribution in [0, 0.1) is 0 Å². The number of carbonyl (C=O) groups excluding carboxylic acids is 2. The number of hydrogen-bond donors (Lipinski definition) is 2. The zero-order valence-corrected chi connectivity index (χ0v) is 19.3. The standard InChI is InChI=1S/C25H32N4O4/c1-3-5-15-32-22-11-7-20(8-12-22)18-26-28-24(30)17-25(31)29-27-19-21-9-13-23(14-10-21)33-16-6-4-2/h7-14,18-19H,3-6,15-17H2,1-2H3,(H,28,30)(H,29,31). The molecule has 8 nitrogen and oxygen atoms in total. The van der Waals surface area contributed by atoms with Gasteiger partial charge in [0.25, 0.3) is 0 Å². The number of carbonyl (C=O) groups is 2. The molecule has 2 N–H and O–H groups in total. The first kappa shape index (κ1) is 25.6. The van der Waals surface area contributed by atoms with Gasteiger partial charge in [0, 0.05) is 0 Å². The third kappa shape index (κ3) is 11.0. The largest absolute Gasteiger partial charge is 0.494 e. The molecule has 0 aromatic heterocycles. The Bertz CT molecular complexity index is 834. The third-order valence-corrected chi connectivity index (χ3v) is 4.42. The molecule has 0 aliphatic rings. The Kier molecular flexibility index (Phi) is 11.8. The fraction of sp³-hybridized carbons (Fsp3) is 0.360. The Labute approximate surface area is 195 Å². The molecule has 0 radical (unpaired) electrons. The molecular weight excluding hydrogens is 420 g/mol. The van der Waals surface area contributed by atoms with Gasteiger partial charge in [-0.2, -0.15) is 10.2 Å². The second kappa shape index (κ2) is 15.2. The summed E-state index contributed by atoms with van der Waals surface area (Å²) in [6.45, 7) is 5.59. The molecule has 0 aliphatic carbocycles. The van der Waals surface area contributed by atoms with Crippen molar-refractivity contribution in [3.8, 4) is 11.5 Å². The highest BCUT2D eigenvalue weighted by molar-refractivity contribution is 5.97. The van der Waals surface area contributed by atoms with Crippen LogP contribution in [0.4, 0.5) is 0 Å². The average molecular weight is 453 g/mol. The average Bonchev–Trinajstić information content (AvgIpc) is 2.81. The maximum atomic E-state index is 11.9. The summed E-state index contributed by atoms with van der Waals surface area (Å²) >= 11 is 0. The fourth-order valence-electron chi connectivity index (χ4n) is 2.55. The number of nitrogens with zero attached hydrogens (tertiary/aromatic N) is 2. The monoisotopic (exact) mass is 452 g/mol. The lowest BCUT2D eigenvalue weighted by Crippen LogP contribution is -2.27. The second-order valence-corrected chi connectivity index (χ2v) is 7.31. The summed E-state index contributed by atoms with van der Waals surface area (Å²) in [5.74, 6) is 0.510. The Hall–Kier alpha value is -3.68. The van der Waals surface area contributed by atoms with Gasteiger partial charge in [0.1, 0.15) is 17.9 Å². The first-order valence-electron chi connectivity index (χ1n) is 11.2. The molecule has 2 rings (SSSR count). The SMILES string of the molecule is CCCCOc1ccc(C=NNC(=O)CC(=O)NN=Cc2ccc(OCCCC)cc2)cc1. The molecule has 0 saturated carbocycles. The van der Waals surface area contributed by atoms with Gasteiger partial charge in [0.05, 0.1) is 25.6 Å². The van der Waals surface area contributed by atoms with Gasteiger partial charge in [0.15, 0.2) is 0 Å². The lowest BCUT2D eigenvalue weighted by Gasteiger charge is -2.05. The molecule has 33 heavy (non-hydrogen) atoms. The van der Waals surface area contributed by atoms with Crippen molar-refractivity contribution in [3.63, 3.8) is 0 Å². The van der Waals surface area contributed by atoms with E-state index in [2.05, 4.69) is 34.9 Å². The smallest absolute Gasteiger partial charge is 0.249 e. The van der Waals surface area contributed by atoms with Crippen LogP contribution in [0.1, 0.15) is 57.1 Å². The van der Waals surface area contributed by atoms with E-state index in [0.29, 0.717) is 13.2 Å². The minimum absolute atomic E-state index is 0.386. The Morgan fingerprint density at radius 1 is 0.727 bits per heavy atom. The summed E-state index contributed by atoms with van der Waals surface area (Å²) < 4.78 is 11.2. The van der Waals surface area contributed by atoms with Crippen LogP contribution in [0.15, 0.2) is 58.7 Å². The Morgan fingerprint density at radius 2 is 1.12 bits per heavy atom. The number of amides is 2. The molecule has 0 bridgehead atoms. The molecule has 0 heterocycles. The van der Waals surface area contributed by atoms with E-state index in [9.17, 15) is 9.59 Å². The van der Waals surface area contributed by atoms with Crippen LogP contribution in [0.3, 0.4) is 0 Å². The zero-order valence-electron chi connectivity index (χ0n) is 19.3. The molecule has 2 aromatic rings. The van der Waals surface area contributed by atoms with Crippen molar-refractivity contribution in [2.75, 3.05) is 13.2 Å². The van der Waals surface area contributed by atoms with Crippen molar-refractivity contribution in [3.05, 3.63) is 59.7 Å². The van der Waals surface area contributed by atoms with Crippen LogP contribution in [0.2, 0.25) is 0 Å². The number of benzene rings is 2. The van der Waals surface area contributed by atoms with E-state index < -0.39 is 11.8 Å². The maximum Gasteiger partial charge on any atom is 0.249 e. The van der Waals surface area contributed by atoms with Gasteiger partial charge < -0.3 is 9.47 Å². The van der Waals surface area contributed by atoms with E-state index in [1.165, 1.54) is 12.4 Å². The molecule has 8 heteroatoms. The summed E-state index contributed by atoms with van der Waals surface area (Å²) in [5, 5.41) is 7.73. The first-order valence-corrected chi connectivity index (χ1v) is 11.2. The van der Waals surface area contributed by atoms with E-state index in [0.717, 1.165) is 48.3 Å². The van der Waals surface area contributed by atoms with E-state index >= 15 is 0 Å². The summed E-state index contributed by atoms with van der Waals surface area (Å²) in [6.07, 6.45) is 6.79. The third-order valence-electron chi connectivity index (χ3n) is 4.42. The minimum Gasteiger partial charge on any atom is -0.494 e. The normalized spacial score (nSPS) is 11.0. The van der Waals surface area contributed by atoms with Crippen LogP contribution in [-0.2, 0) is 9.59 Å². The molecule has 176 valence electrons. The van der Waals surface area contributed by atoms with Crippen LogP contribution in [-0.4, -0.2) is 37.5 Å². The van der Waals surface area contributed by atoms with Crippen LogP contribution >= 0.6 is 0 Å². The van der Waals surface area contributed by atoms with Crippen LogP contribution < -0.4 is 20.3 Å². The first-order chi connectivity index (χ1) is 16.1. The quantitative estimate of drug-likeness (QED) is 0.195. The van der Waals surface area contributed by atoms with Crippen molar-refractivity contribution in [2.24, 2.45) is 10.2 Å². The van der Waals surface area contributed by atoms with Crippen LogP contribution in [0.25, 0.3) is 0 Å². The molecule has 0 saturated heterocycles. The lowest BCUT2D eigenvalue weighted by molar-refractivity contribution is -0.129. The summed E-state index contributed by atoms with van der Waals surface area (Å²) in [7, 11) is 0. The molecule has 2 aromatic carbocycles. The van der Waals surface area contributed by atoms with Crippen molar-refractivity contribution < 1.29 is 19.1 Å². The van der Waals surface area contributed by atoms with Gasteiger partial charge in [-0.25, -0.2) is 10.9 Å². The highest BCUT2D eigenvalue weighted by atomic mass is 16.5. The van der Waals surface area contributed by atoms with E-state index in [4.69, 9.17) is 9.47 Å². The predicted octanol–water partition coefficient (Wildman–Crippen LogP) is 4.03. The molecule has 0 spiro atoms. The molecule has 0 atom stereocenters. The Balaban J connectivity index is 1.67. The van der Waals surface area contributed by atoms with E-state index in [-0.39, 0.29) is 6.42 Å². The van der Waals surface area contributed by atoms with E-state index in [1.807, 2.05) is 48.5 Å². The number of ether oxygens (including phenoxy) is 2. The van der Waals surface area contributed by atoms with Gasteiger partial charge in [0.2, 0.25) is 11.8 Å². The number of rotatable bonds is 14. The van der Waals surface area contributed by atoms with Crippen molar-refractivity contribution >= 4 is 24.2 Å². The lowest BCUT2D eigenvalue weighted by atomic mass is 10.2. The molecular formula is C25H32N4O4. The van der Waals surface area contributed by atoms with Crippen molar-refractivity contribution in [1.82, 2.24) is 10.9 Å². The van der Waals surface area contributed by atoms with Crippen molar-refractivity contribution in [2.45, 2.75) is 46.0 Å². The Morgan fingerprint density at radius 3 is 1.48 bits per heavy atom. The van der Waals surface area contributed by atoms with Gasteiger partial charge in [-0.15, -0.1) is 0 Å². The molecule has 0 unspecified atom stereocenters. The van der Waals surface area contributed by atoms with Gasteiger partial charge in [-0.3, -0.25) is 9.59 Å². The zero-order chi connectivity index (χ0) is 23.7. The topological polar surface area (TPSA) is 101 Å². The van der Waals surface area contributed by atoms with Gasteiger partial charge in [-0.05, 0) is 72.5 Å². The maximum absolute atomic E-state index is 11.9. The van der Waals surface area contributed by atoms with Gasteiger partial charge >= 0.3 is 0 Å². The van der Waals surface area contributed by atoms with Crippen molar-refractivity contribution in [1.29, 1.82) is 0 Å². The number of nitrogens with one attached hydrogen (secondary N) is 2. The fourth-order valence-corrected chi connectivity index (χ4v) is 2.55. The number of unbranched alkanes of at least 4 members (excludes halogenated alkanes) is 2. The summed E-state index contributed by atoms with van der Waals surface area (Å²) in [6, 6.07) is 14.7. The summed E-state index contributed by atoms with van der Waals surface area (Å²) in [4.78, 5) is 23.7. The van der Waals surface area contributed by atoms with E-state index in [1.54, 1.807) is 0 Å². The molecule has 2 amide bonds. The minimum atomic E-state index is -0.535. The highest BCUT2D eigenvalue weighted by Gasteiger charge is 2.07. The molecule has 0 fully saturated rings. The van der Waals surface area contributed by atoms with Crippen LogP contribution in [0.5, 0.6) is 11.5 Å².